The van der Waals surface area contributed by atoms with Gasteiger partial charge in [-0.1, -0.05) is 0 Å². The number of ether oxygens (including phenoxy) is 1. The second kappa shape index (κ2) is 9.75. The maximum absolute atomic E-state index is 13.2. The van der Waals surface area contributed by atoms with Crippen molar-refractivity contribution in [1.82, 2.24) is 4.57 Å². The Morgan fingerprint density at radius 2 is 1.73 bits per heavy atom. The van der Waals surface area contributed by atoms with E-state index in [-0.39, 0.29) is 29.3 Å². The van der Waals surface area contributed by atoms with Crippen LogP contribution in [0.2, 0.25) is 0 Å². The van der Waals surface area contributed by atoms with Gasteiger partial charge >= 0.3 is 14.0 Å². The molecule has 0 bridgehead atoms. The van der Waals surface area contributed by atoms with Gasteiger partial charge in [0.2, 0.25) is 0 Å². The maximum Gasteiger partial charge on any atom is 0.471 e. The Bertz CT molecular complexity index is 1220. The van der Waals surface area contributed by atoms with Crippen LogP contribution >= 0.6 is 7.82 Å². The normalized spacial score (nSPS) is 11.9. The fraction of sp³-hybridized carbons (Fsp3) is 0.150. The van der Waals surface area contributed by atoms with Crippen molar-refractivity contribution in [1.29, 1.82) is 0 Å². The zero-order valence-electron chi connectivity index (χ0n) is 16.6. The number of nitrogens with one attached hydrogen (secondary N) is 1. The number of nitrogens with zero attached hydrogens (tertiary/aromatic N) is 1. The smallest absolute Gasteiger partial charge is 0.457 e. The summed E-state index contributed by atoms with van der Waals surface area (Å²) in [7, 11) is -4.77. The number of benzene rings is 2. The zero-order valence-corrected chi connectivity index (χ0v) is 17.5. The monoisotopic (exact) mass is 488 g/mol. The molecule has 3 aromatic rings. The van der Waals surface area contributed by atoms with Gasteiger partial charge in [0.1, 0.15) is 24.0 Å². The summed E-state index contributed by atoms with van der Waals surface area (Å²) in [5, 5.41) is 2.80. The van der Waals surface area contributed by atoms with E-state index in [2.05, 4.69) is 9.84 Å². The maximum atomic E-state index is 13.2. The summed E-state index contributed by atoms with van der Waals surface area (Å²) in [5.74, 6) is -0.201. The van der Waals surface area contributed by atoms with Crippen molar-refractivity contribution >= 4 is 13.5 Å². The molecule has 0 fully saturated rings. The first-order valence-corrected chi connectivity index (χ1v) is 10.7. The quantitative estimate of drug-likeness (QED) is 0.317. The third kappa shape index (κ3) is 7.16. The number of pyridine rings is 1. The lowest BCUT2D eigenvalue weighted by atomic mass is 10.1. The van der Waals surface area contributed by atoms with E-state index < -0.39 is 37.7 Å². The molecule has 8 nitrogen and oxygen atoms in total. The first kappa shape index (κ1) is 24.5. The molecule has 3 rings (SSSR count). The number of aromatic nitrogens is 1. The van der Waals surface area contributed by atoms with Crippen LogP contribution in [-0.4, -0.2) is 14.4 Å². The Kier molecular flexibility index (Phi) is 7.23. The molecule has 33 heavy (non-hydrogen) atoms. The number of alkyl halides is 3. The average molecular weight is 488 g/mol. The molecule has 3 N–H and O–H groups in total. The van der Waals surface area contributed by atoms with Crippen LogP contribution in [0, 0.1) is 5.82 Å². The third-order valence-corrected chi connectivity index (χ3v) is 4.73. The van der Waals surface area contributed by atoms with Crippen LogP contribution in [0.15, 0.2) is 65.6 Å². The van der Waals surface area contributed by atoms with Crippen LogP contribution in [0.1, 0.15) is 11.1 Å². The highest BCUT2D eigenvalue weighted by Crippen LogP contribution is 2.36. The van der Waals surface area contributed by atoms with Crippen LogP contribution in [0.25, 0.3) is 0 Å². The molecule has 176 valence electrons. The van der Waals surface area contributed by atoms with Crippen molar-refractivity contribution in [2.45, 2.75) is 19.5 Å². The van der Waals surface area contributed by atoms with Gasteiger partial charge in [0.15, 0.2) is 0 Å². The Labute approximate surface area is 184 Å². The minimum absolute atomic E-state index is 0.0884. The molecule has 1 aromatic heterocycles. The molecule has 0 unspecified atom stereocenters. The highest BCUT2D eigenvalue weighted by molar-refractivity contribution is 7.46. The Morgan fingerprint density at radius 3 is 2.33 bits per heavy atom. The van der Waals surface area contributed by atoms with E-state index in [1.807, 2.05) is 0 Å². The Balaban J connectivity index is 1.80. The first-order chi connectivity index (χ1) is 15.4. The summed E-state index contributed by atoms with van der Waals surface area (Å²) in [6.07, 6.45) is -3.40. The highest BCUT2D eigenvalue weighted by Gasteiger charge is 2.31. The number of halogens is 4. The minimum Gasteiger partial charge on any atom is -0.457 e. The number of hydrogen-bond donors (Lipinski definition) is 3. The standard InChI is InChI=1S/C20H17F4N2O6P/c21-15-2-4-17(5-3-15)32-18-6-1-14(20(22,23)24)9-13(18)11-25-16-7-8-26(19(27)10-16)12-31-33(28,29)30/h1-10,25H,11-12H2,(H2,28,29,30). The van der Waals surface area contributed by atoms with Crippen molar-refractivity contribution in [2.24, 2.45) is 0 Å². The molecule has 0 saturated heterocycles. The van der Waals surface area contributed by atoms with Crippen LogP contribution in [0.5, 0.6) is 11.5 Å². The molecule has 13 heteroatoms. The molecule has 0 spiro atoms. The summed E-state index contributed by atoms with van der Waals surface area (Å²) >= 11 is 0. The summed E-state index contributed by atoms with van der Waals surface area (Å²) in [5.41, 5.74) is -1.23. The zero-order chi connectivity index (χ0) is 24.2. The number of rotatable bonds is 8. The van der Waals surface area contributed by atoms with E-state index in [1.165, 1.54) is 24.4 Å². The van der Waals surface area contributed by atoms with Gasteiger partial charge in [-0.25, -0.2) is 8.96 Å². The van der Waals surface area contributed by atoms with Gasteiger partial charge in [-0.15, -0.1) is 0 Å². The lowest BCUT2D eigenvalue weighted by molar-refractivity contribution is -0.137. The lowest BCUT2D eigenvalue weighted by Crippen LogP contribution is -2.20. The van der Waals surface area contributed by atoms with E-state index in [4.69, 9.17) is 14.5 Å². The molecule has 0 aliphatic carbocycles. The molecule has 0 radical (unpaired) electrons. The van der Waals surface area contributed by atoms with Crippen molar-refractivity contribution in [3.63, 3.8) is 0 Å². The molecule has 0 saturated carbocycles. The van der Waals surface area contributed by atoms with Crippen LogP contribution in [0.4, 0.5) is 23.2 Å². The fourth-order valence-electron chi connectivity index (χ4n) is 2.68. The largest absolute Gasteiger partial charge is 0.471 e. The third-order valence-electron chi connectivity index (χ3n) is 4.27. The van der Waals surface area contributed by atoms with Gasteiger partial charge in [0.05, 0.1) is 5.56 Å². The molecule has 0 aliphatic heterocycles. The SMILES string of the molecule is O=c1cc(NCc2cc(C(F)(F)F)ccc2Oc2ccc(F)cc2)ccn1COP(=O)(O)O. The van der Waals surface area contributed by atoms with Gasteiger partial charge < -0.3 is 19.8 Å². The molecule has 1 heterocycles. The van der Waals surface area contributed by atoms with Crippen molar-refractivity contribution in [3.8, 4) is 11.5 Å². The predicted octanol–water partition coefficient (Wildman–Crippen LogP) is 4.48. The van der Waals surface area contributed by atoms with Gasteiger partial charge in [-0.2, -0.15) is 13.2 Å². The lowest BCUT2D eigenvalue weighted by Gasteiger charge is -2.16. The van der Waals surface area contributed by atoms with E-state index in [1.54, 1.807) is 0 Å². The number of anilines is 1. The van der Waals surface area contributed by atoms with E-state index >= 15 is 0 Å². The van der Waals surface area contributed by atoms with E-state index in [0.717, 1.165) is 41.0 Å². The van der Waals surface area contributed by atoms with Crippen LogP contribution in [0.3, 0.4) is 0 Å². The summed E-state index contributed by atoms with van der Waals surface area (Å²) in [6.45, 7) is -0.852. The Morgan fingerprint density at radius 1 is 1.03 bits per heavy atom. The summed E-state index contributed by atoms with van der Waals surface area (Å²) < 4.78 is 74.1. The summed E-state index contributed by atoms with van der Waals surface area (Å²) in [6, 6.07) is 10.3. The highest BCUT2D eigenvalue weighted by atomic mass is 31.2. The van der Waals surface area contributed by atoms with Crippen LogP contribution in [-0.2, 0) is 28.5 Å². The molecule has 0 amide bonds. The molecular weight excluding hydrogens is 471 g/mol. The fourth-order valence-corrected chi connectivity index (χ4v) is 2.96. The topological polar surface area (TPSA) is 110 Å². The molecular formula is C20H17F4N2O6P. The minimum atomic E-state index is -4.77. The number of phosphoric ester groups is 1. The van der Waals surface area contributed by atoms with E-state index in [9.17, 15) is 26.9 Å². The first-order valence-electron chi connectivity index (χ1n) is 9.19. The van der Waals surface area contributed by atoms with Gasteiger partial charge in [-0.05, 0) is 48.5 Å². The second-order valence-electron chi connectivity index (χ2n) is 6.70. The van der Waals surface area contributed by atoms with Crippen molar-refractivity contribution < 1.29 is 41.2 Å². The molecule has 0 atom stereocenters. The molecule has 0 aliphatic rings. The number of phosphoric acid groups is 1. The van der Waals surface area contributed by atoms with Crippen molar-refractivity contribution in [2.75, 3.05) is 5.32 Å². The average Bonchev–Trinajstić information content (AvgIpc) is 2.72. The molecule has 2 aromatic carbocycles. The Hall–Kier alpha value is -3.18. The number of hydrogen-bond acceptors (Lipinski definition) is 5. The van der Waals surface area contributed by atoms with E-state index in [0.29, 0.717) is 0 Å². The van der Waals surface area contributed by atoms with Crippen molar-refractivity contribution in [3.05, 3.63) is 88.1 Å². The van der Waals surface area contributed by atoms with Gasteiger partial charge in [-0.3, -0.25) is 13.9 Å². The van der Waals surface area contributed by atoms with Gasteiger partial charge in [0.25, 0.3) is 5.56 Å². The summed E-state index contributed by atoms with van der Waals surface area (Å²) in [4.78, 5) is 29.5. The second-order valence-corrected chi connectivity index (χ2v) is 7.94. The van der Waals surface area contributed by atoms with Gasteiger partial charge in [0, 0.05) is 30.1 Å². The van der Waals surface area contributed by atoms with Crippen LogP contribution < -0.4 is 15.6 Å². The predicted molar refractivity (Wildman–Crippen MR) is 109 cm³/mol.